The van der Waals surface area contributed by atoms with Gasteiger partial charge in [-0.2, -0.15) is 4.99 Å². The third-order valence-electron chi connectivity index (χ3n) is 6.20. The number of thioether (sulfide) groups is 1. The second-order valence-electron chi connectivity index (χ2n) is 9.72. The van der Waals surface area contributed by atoms with Gasteiger partial charge in [-0.3, -0.25) is 0 Å². The average molecular weight is 597 g/mol. The number of urea groups is 1. The van der Waals surface area contributed by atoms with E-state index in [1.54, 1.807) is 0 Å². The Labute approximate surface area is 246 Å². The van der Waals surface area contributed by atoms with Gasteiger partial charge >= 0.3 is 12.4 Å². The topological polar surface area (TPSA) is 93.4 Å². The summed E-state index contributed by atoms with van der Waals surface area (Å²) in [6.45, 7) is 6.68. The van der Waals surface area contributed by atoms with Crippen LogP contribution in [-0.4, -0.2) is 45.1 Å². The van der Waals surface area contributed by atoms with Crippen molar-refractivity contribution in [1.82, 2.24) is 20.1 Å². The minimum absolute atomic E-state index is 0.311. The summed E-state index contributed by atoms with van der Waals surface area (Å²) in [7, 11) is 0. The summed E-state index contributed by atoms with van der Waals surface area (Å²) in [5, 5.41) is 11.1. The number of carbonyl (C=O) groups is 1. The summed E-state index contributed by atoms with van der Waals surface area (Å²) < 4.78 is 42.5. The Kier molecular flexibility index (Phi) is 9.89. The molecule has 12 heteroatoms. The molecule has 0 aliphatic heterocycles. The van der Waals surface area contributed by atoms with E-state index in [1.807, 2.05) is 37.4 Å². The van der Waals surface area contributed by atoms with Crippen LogP contribution in [0.2, 0.25) is 0 Å². The van der Waals surface area contributed by atoms with Crippen LogP contribution in [0.1, 0.15) is 36.5 Å². The molecule has 220 valence electrons. The molecule has 2 N–H and O–H groups in total. The molecule has 4 rings (SSSR count). The van der Waals surface area contributed by atoms with E-state index in [0.29, 0.717) is 35.6 Å². The first kappa shape index (κ1) is 30.6. The van der Waals surface area contributed by atoms with Crippen LogP contribution in [0.5, 0.6) is 5.75 Å². The molecule has 0 saturated heterocycles. The van der Waals surface area contributed by atoms with Crippen LogP contribution >= 0.6 is 11.8 Å². The molecule has 4 aromatic rings. The number of benzene rings is 3. The molecule has 1 heterocycles. The Morgan fingerprint density at radius 3 is 2.43 bits per heavy atom. The lowest BCUT2D eigenvalue weighted by Gasteiger charge is -2.16. The van der Waals surface area contributed by atoms with Gasteiger partial charge in [-0.25, -0.2) is 14.5 Å². The van der Waals surface area contributed by atoms with Gasteiger partial charge in [0.05, 0.1) is 5.69 Å². The molecular weight excluding hydrogens is 565 g/mol. The smallest absolute Gasteiger partial charge is 0.406 e. The van der Waals surface area contributed by atoms with Gasteiger partial charge in [-0.05, 0) is 72.5 Å². The molecule has 0 aliphatic carbocycles. The number of hydrogen-bond acceptors (Lipinski definition) is 5. The number of halogens is 3. The van der Waals surface area contributed by atoms with Crippen molar-refractivity contribution in [3.8, 4) is 22.8 Å². The highest BCUT2D eigenvalue weighted by Gasteiger charge is 2.31. The molecule has 0 fully saturated rings. The number of nitrogens with one attached hydrogen (secondary N) is 2. The van der Waals surface area contributed by atoms with Crippen molar-refractivity contribution < 1.29 is 22.7 Å². The lowest BCUT2D eigenvalue weighted by atomic mass is 9.99. The van der Waals surface area contributed by atoms with Crippen molar-refractivity contribution in [3.05, 3.63) is 89.7 Å². The number of hydrogen-bond donors (Lipinski definition) is 2. The van der Waals surface area contributed by atoms with Gasteiger partial charge in [0.15, 0.2) is 11.0 Å². The highest BCUT2D eigenvalue weighted by atomic mass is 32.2. The van der Waals surface area contributed by atoms with E-state index in [2.05, 4.69) is 62.5 Å². The van der Waals surface area contributed by atoms with Crippen LogP contribution in [0.15, 0.2) is 78.0 Å². The van der Waals surface area contributed by atoms with Crippen LogP contribution in [0.3, 0.4) is 0 Å². The number of anilines is 1. The molecular formula is C30H31F3N6O2S. The SMILES string of the molecule is CS/C(=N\C(=O)NCCc1ccc(-c2ncn(-c3ccc(OC(F)(F)F)cc3)n2)cc1)Nc1cc(C)ccc1C(C)C. The van der Waals surface area contributed by atoms with Crippen LogP contribution in [-0.2, 0) is 6.42 Å². The fourth-order valence-corrected chi connectivity index (χ4v) is 4.49. The minimum atomic E-state index is -4.75. The predicted octanol–water partition coefficient (Wildman–Crippen LogP) is 7.35. The minimum Gasteiger partial charge on any atom is -0.406 e. The van der Waals surface area contributed by atoms with Gasteiger partial charge in [0, 0.05) is 17.8 Å². The van der Waals surface area contributed by atoms with Gasteiger partial charge in [0.2, 0.25) is 0 Å². The summed E-state index contributed by atoms with van der Waals surface area (Å²) in [5.41, 5.74) is 5.54. The van der Waals surface area contributed by atoms with Crippen molar-refractivity contribution in [1.29, 1.82) is 0 Å². The third kappa shape index (κ3) is 8.59. The summed E-state index contributed by atoms with van der Waals surface area (Å²) in [5.74, 6) is 0.477. The second kappa shape index (κ2) is 13.6. The molecule has 42 heavy (non-hydrogen) atoms. The first-order valence-corrected chi connectivity index (χ1v) is 14.4. The number of amidine groups is 1. The van der Waals surface area contributed by atoms with Gasteiger partial charge < -0.3 is 15.4 Å². The van der Waals surface area contributed by atoms with E-state index < -0.39 is 12.4 Å². The largest absolute Gasteiger partial charge is 0.573 e. The van der Waals surface area contributed by atoms with Gasteiger partial charge in [-0.15, -0.1) is 18.3 Å². The van der Waals surface area contributed by atoms with E-state index in [4.69, 9.17) is 0 Å². The highest BCUT2D eigenvalue weighted by molar-refractivity contribution is 8.13. The number of aryl methyl sites for hydroxylation is 1. The normalized spacial score (nSPS) is 12.0. The average Bonchev–Trinajstić information content (AvgIpc) is 3.43. The van der Waals surface area contributed by atoms with Crippen molar-refractivity contribution >= 4 is 28.6 Å². The molecule has 0 saturated carbocycles. The van der Waals surface area contributed by atoms with E-state index >= 15 is 0 Å². The van der Waals surface area contributed by atoms with E-state index in [-0.39, 0.29) is 5.75 Å². The molecule has 0 unspecified atom stereocenters. The molecule has 0 atom stereocenters. The predicted molar refractivity (Wildman–Crippen MR) is 160 cm³/mol. The number of carbonyl (C=O) groups excluding carboxylic acids is 1. The van der Waals surface area contributed by atoms with Crippen molar-refractivity contribution in [2.45, 2.75) is 39.5 Å². The van der Waals surface area contributed by atoms with E-state index in [9.17, 15) is 18.0 Å². The van der Waals surface area contributed by atoms with Crippen LogP contribution in [0, 0.1) is 6.92 Å². The van der Waals surface area contributed by atoms with Crippen molar-refractivity contribution in [2.75, 3.05) is 18.1 Å². The molecule has 1 aromatic heterocycles. The molecule has 0 radical (unpaired) electrons. The zero-order chi connectivity index (χ0) is 30.3. The number of amides is 2. The molecule has 0 bridgehead atoms. The first-order valence-electron chi connectivity index (χ1n) is 13.2. The lowest BCUT2D eigenvalue weighted by molar-refractivity contribution is -0.274. The number of aromatic nitrogens is 3. The van der Waals surface area contributed by atoms with Crippen LogP contribution in [0.25, 0.3) is 17.1 Å². The Bertz CT molecular complexity index is 1530. The maximum absolute atomic E-state index is 12.5. The summed E-state index contributed by atoms with van der Waals surface area (Å²) in [4.78, 5) is 21.0. The molecule has 2 amide bonds. The quantitative estimate of drug-likeness (QED) is 0.163. The fourth-order valence-electron chi connectivity index (χ4n) is 4.11. The molecule has 0 spiro atoms. The van der Waals surface area contributed by atoms with Gasteiger partial charge in [0.1, 0.15) is 12.1 Å². The van der Waals surface area contributed by atoms with Crippen molar-refractivity contribution in [2.24, 2.45) is 4.99 Å². The number of rotatable bonds is 8. The fraction of sp³-hybridized carbons (Fsp3) is 0.267. The Morgan fingerprint density at radius 1 is 1.07 bits per heavy atom. The van der Waals surface area contributed by atoms with Crippen LogP contribution < -0.4 is 15.4 Å². The molecule has 3 aromatic carbocycles. The standard InChI is InChI=1S/C30H31F3N6O2S/c1-19(2)25-14-5-20(3)17-26(25)36-29(42-4)37-28(40)34-16-15-21-6-8-22(9-7-21)27-35-18-39(38-27)23-10-12-24(13-11-23)41-30(31,32)33/h5-14,17-19H,15-16H2,1-4H3,(H2,34,36,37,40). The zero-order valence-electron chi connectivity index (χ0n) is 23.6. The molecule has 8 nitrogen and oxygen atoms in total. The van der Waals surface area contributed by atoms with Crippen LogP contribution in [0.4, 0.5) is 23.7 Å². The maximum Gasteiger partial charge on any atom is 0.573 e. The second-order valence-corrected chi connectivity index (χ2v) is 10.5. The van der Waals surface area contributed by atoms with Crippen molar-refractivity contribution in [3.63, 3.8) is 0 Å². The Morgan fingerprint density at radius 2 is 1.79 bits per heavy atom. The highest BCUT2D eigenvalue weighted by Crippen LogP contribution is 2.27. The number of nitrogens with zero attached hydrogens (tertiary/aromatic N) is 4. The zero-order valence-corrected chi connectivity index (χ0v) is 24.4. The Hall–Kier alpha value is -4.32. The monoisotopic (exact) mass is 596 g/mol. The number of aliphatic imine (C=N–C) groups is 1. The summed E-state index contributed by atoms with van der Waals surface area (Å²) >= 11 is 1.37. The van der Waals surface area contributed by atoms with E-state index in [0.717, 1.165) is 27.9 Å². The number of alkyl halides is 3. The number of ether oxygens (including phenoxy) is 1. The maximum atomic E-state index is 12.5. The Balaban J connectivity index is 1.31. The lowest BCUT2D eigenvalue weighted by Crippen LogP contribution is -2.24. The van der Waals surface area contributed by atoms with Gasteiger partial charge in [-0.1, -0.05) is 62.0 Å². The van der Waals surface area contributed by atoms with Gasteiger partial charge in [0.25, 0.3) is 0 Å². The third-order valence-corrected chi connectivity index (χ3v) is 6.78. The summed E-state index contributed by atoms with van der Waals surface area (Å²) in [6.07, 6.45) is -0.790. The van der Waals surface area contributed by atoms with E-state index in [1.165, 1.54) is 47.0 Å². The molecule has 0 aliphatic rings. The first-order chi connectivity index (χ1) is 20.0. The summed E-state index contributed by atoms with van der Waals surface area (Å²) in [6, 6.07) is 18.7.